The van der Waals surface area contributed by atoms with Gasteiger partial charge in [-0.3, -0.25) is 0 Å². The minimum atomic E-state index is -4.83. The van der Waals surface area contributed by atoms with Crippen molar-refractivity contribution in [1.82, 2.24) is 4.40 Å². The molecule has 114 valence electrons. The van der Waals surface area contributed by atoms with E-state index in [0.29, 0.717) is 12.1 Å². The van der Waals surface area contributed by atoms with Crippen LogP contribution in [-0.2, 0) is 6.18 Å². The molecule has 0 bridgehead atoms. The number of alkyl halides is 3. The van der Waals surface area contributed by atoms with Crippen molar-refractivity contribution in [3.8, 4) is 11.3 Å². The van der Waals surface area contributed by atoms with Gasteiger partial charge >= 0.3 is 11.8 Å². The van der Waals surface area contributed by atoms with Crippen molar-refractivity contribution < 1.29 is 22.0 Å². The SMILES string of the molecule is O=c1oc(-c2ccc(F)c(C(F)(F)F)c2)cn2cc(I)cc12. The molecule has 0 fully saturated rings. The summed E-state index contributed by atoms with van der Waals surface area (Å²) in [6.07, 6.45) is -1.82. The zero-order chi connectivity index (χ0) is 16.1. The molecule has 2 heterocycles. The molecule has 22 heavy (non-hydrogen) atoms. The summed E-state index contributed by atoms with van der Waals surface area (Å²) in [4.78, 5) is 11.8. The predicted molar refractivity (Wildman–Crippen MR) is 79.0 cm³/mol. The number of halogens is 5. The van der Waals surface area contributed by atoms with Crippen LogP contribution >= 0.6 is 22.6 Å². The molecule has 0 aliphatic heterocycles. The Morgan fingerprint density at radius 3 is 2.55 bits per heavy atom. The molecule has 0 aliphatic carbocycles. The largest absolute Gasteiger partial charge is 0.420 e. The normalized spacial score (nSPS) is 12.0. The standard InChI is InChI=1S/C14H6F4INO2/c15-10-2-1-7(3-9(10)14(16,17)18)12-6-20-5-8(19)4-11(20)13(21)22-12/h1-6H. The van der Waals surface area contributed by atoms with Crippen LogP contribution in [0.25, 0.3) is 16.8 Å². The number of fused-ring (bicyclic) bond motifs is 1. The zero-order valence-electron chi connectivity index (χ0n) is 10.6. The highest BCUT2D eigenvalue weighted by molar-refractivity contribution is 14.1. The Hall–Kier alpha value is -1.84. The molecule has 3 aromatic rings. The van der Waals surface area contributed by atoms with Gasteiger partial charge in [-0.05, 0) is 46.9 Å². The molecule has 3 rings (SSSR count). The van der Waals surface area contributed by atoms with E-state index in [4.69, 9.17) is 4.42 Å². The number of nitrogens with zero attached hydrogens (tertiary/aromatic N) is 1. The molecule has 0 amide bonds. The average Bonchev–Trinajstić information content (AvgIpc) is 2.79. The molecule has 0 saturated carbocycles. The van der Waals surface area contributed by atoms with Gasteiger partial charge in [-0.25, -0.2) is 9.18 Å². The fraction of sp³-hybridized carbons (Fsp3) is 0.0714. The first-order valence-corrected chi connectivity index (χ1v) is 7.02. The maximum absolute atomic E-state index is 13.3. The Morgan fingerprint density at radius 2 is 1.86 bits per heavy atom. The summed E-state index contributed by atoms with van der Waals surface area (Å²) >= 11 is 2.00. The van der Waals surface area contributed by atoms with Crippen LogP contribution in [0.1, 0.15) is 5.56 Å². The number of benzene rings is 1. The number of aromatic nitrogens is 1. The van der Waals surface area contributed by atoms with Crippen LogP contribution in [0.4, 0.5) is 17.6 Å². The van der Waals surface area contributed by atoms with Gasteiger partial charge in [0.15, 0.2) is 5.76 Å². The smallest absolute Gasteiger partial charge is 0.419 e. The number of rotatable bonds is 1. The van der Waals surface area contributed by atoms with Crippen LogP contribution in [0.5, 0.6) is 0 Å². The fourth-order valence-corrected chi connectivity index (χ4v) is 2.65. The van der Waals surface area contributed by atoms with Gasteiger partial charge < -0.3 is 8.82 Å². The van der Waals surface area contributed by atoms with Gasteiger partial charge in [0.1, 0.15) is 11.3 Å². The Kier molecular flexibility index (Phi) is 3.50. The van der Waals surface area contributed by atoms with Gasteiger partial charge in [0.05, 0.1) is 11.8 Å². The summed E-state index contributed by atoms with van der Waals surface area (Å²) < 4.78 is 58.8. The minimum Gasteiger partial charge on any atom is -0.420 e. The van der Waals surface area contributed by atoms with Crippen LogP contribution in [0.2, 0.25) is 0 Å². The lowest BCUT2D eigenvalue weighted by Gasteiger charge is -2.09. The number of hydrogen-bond acceptors (Lipinski definition) is 2. The summed E-state index contributed by atoms with van der Waals surface area (Å²) in [6.45, 7) is 0. The molecular weight excluding hydrogens is 417 g/mol. The lowest BCUT2D eigenvalue weighted by molar-refractivity contribution is -0.139. The van der Waals surface area contributed by atoms with Crippen LogP contribution in [0.15, 0.2) is 45.9 Å². The van der Waals surface area contributed by atoms with Gasteiger partial charge in [-0.1, -0.05) is 0 Å². The lowest BCUT2D eigenvalue weighted by atomic mass is 10.1. The van der Waals surface area contributed by atoms with E-state index >= 15 is 0 Å². The third-order valence-electron chi connectivity index (χ3n) is 3.04. The van der Waals surface area contributed by atoms with E-state index in [0.717, 1.165) is 9.64 Å². The maximum atomic E-state index is 13.3. The quantitative estimate of drug-likeness (QED) is 0.432. The topological polar surface area (TPSA) is 34.6 Å². The molecule has 0 atom stereocenters. The van der Waals surface area contributed by atoms with E-state index in [-0.39, 0.29) is 16.8 Å². The van der Waals surface area contributed by atoms with Crippen LogP contribution in [0, 0.1) is 9.39 Å². The minimum absolute atomic E-state index is 0.0311. The van der Waals surface area contributed by atoms with Gasteiger partial charge in [0, 0.05) is 15.3 Å². The highest BCUT2D eigenvalue weighted by Gasteiger charge is 2.34. The second-order valence-corrected chi connectivity index (χ2v) is 5.77. The molecular formula is C14H6F4INO2. The molecule has 1 aromatic carbocycles. The van der Waals surface area contributed by atoms with Gasteiger partial charge in [0.2, 0.25) is 0 Å². The van der Waals surface area contributed by atoms with E-state index in [1.807, 2.05) is 22.6 Å². The van der Waals surface area contributed by atoms with E-state index in [1.165, 1.54) is 10.6 Å². The van der Waals surface area contributed by atoms with Crippen molar-refractivity contribution in [2.24, 2.45) is 0 Å². The van der Waals surface area contributed by atoms with E-state index < -0.39 is 23.2 Å². The van der Waals surface area contributed by atoms with Gasteiger partial charge in [-0.15, -0.1) is 0 Å². The Morgan fingerprint density at radius 1 is 1.14 bits per heavy atom. The van der Waals surface area contributed by atoms with E-state index in [9.17, 15) is 22.4 Å². The Balaban J connectivity index is 2.21. The van der Waals surface area contributed by atoms with Crippen LogP contribution in [0.3, 0.4) is 0 Å². The van der Waals surface area contributed by atoms with Crippen molar-refractivity contribution >= 4 is 28.1 Å². The Bertz CT molecular complexity index is 927. The van der Waals surface area contributed by atoms with Crippen molar-refractivity contribution in [2.45, 2.75) is 6.18 Å². The molecule has 0 N–H and O–H groups in total. The van der Waals surface area contributed by atoms with E-state index in [2.05, 4.69) is 0 Å². The first-order valence-electron chi connectivity index (χ1n) is 5.94. The molecule has 0 saturated heterocycles. The van der Waals surface area contributed by atoms with Crippen molar-refractivity contribution in [3.63, 3.8) is 0 Å². The average molecular weight is 423 g/mol. The summed E-state index contributed by atoms with van der Waals surface area (Å²) in [7, 11) is 0. The molecule has 3 nitrogen and oxygen atoms in total. The molecule has 0 radical (unpaired) electrons. The van der Waals surface area contributed by atoms with E-state index in [1.54, 1.807) is 12.3 Å². The summed E-state index contributed by atoms with van der Waals surface area (Å²) in [6, 6.07) is 4.03. The third-order valence-corrected chi connectivity index (χ3v) is 3.63. The zero-order valence-corrected chi connectivity index (χ0v) is 12.8. The van der Waals surface area contributed by atoms with Crippen molar-refractivity contribution in [2.75, 3.05) is 0 Å². The summed E-state index contributed by atoms with van der Waals surface area (Å²) in [5.41, 5.74) is -1.85. The molecule has 2 aromatic heterocycles. The molecule has 8 heteroatoms. The Labute approximate surface area is 134 Å². The maximum Gasteiger partial charge on any atom is 0.419 e. The lowest BCUT2D eigenvalue weighted by Crippen LogP contribution is -2.09. The van der Waals surface area contributed by atoms with Gasteiger partial charge in [0.25, 0.3) is 0 Å². The summed E-state index contributed by atoms with van der Waals surface area (Å²) in [5.74, 6) is -1.45. The molecule has 0 unspecified atom stereocenters. The highest BCUT2D eigenvalue weighted by atomic mass is 127. The molecule has 0 spiro atoms. The molecule has 0 aliphatic rings. The first-order chi connectivity index (χ1) is 10.3. The van der Waals surface area contributed by atoms with Gasteiger partial charge in [-0.2, -0.15) is 13.2 Å². The monoisotopic (exact) mass is 423 g/mol. The first kappa shape index (κ1) is 15.1. The van der Waals surface area contributed by atoms with Crippen molar-refractivity contribution in [3.05, 3.63) is 62.0 Å². The second kappa shape index (κ2) is 5.11. The van der Waals surface area contributed by atoms with Crippen molar-refractivity contribution in [1.29, 1.82) is 0 Å². The predicted octanol–water partition coefficient (Wildman–Crippen LogP) is 4.32. The third kappa shape index (κ3) is 2.62. The fourth-order valence-electron chi connectivity index (χ4n) is 2.05. The summed E-state index contributed by atoms with van der Waals surface area (Å²) in [5, 5.41) is 0. The van der Waals surface area contributed by atoms with Crippen LogP contribution < -0.4 is 5.63 Å². The van der Waals surface area contributed by atoms with Crippen LogP contribution in [-0.4, -0.2) is 4.40 Å². The highest BCUT2D eigenvalue weighted by Crippen LogP contribution is 2.34. The second-order valence-electron chi connectivity index (χ2n) is 4.53. The number of hydrogen-bond donors (Lipinski definition) is 0.